The molecule has 0 radical (unpaired) electrons. The van der Waals surface area contributed by atoms with Crippen molar-refractivity contribution in [2.75, 3.05) is 7.05 Å². The van der Waals surface area contributed by atoms with Crippen molar-refractivity contribution in [2.45, 2.75) is 33.4 Å². The van der Waals surface area contributed by atoms with Crippen LogP contribution in [0.25, 0.3) is 10.8 Å². The third-order valence-electron chi connectivity index (χ3n) is 3.35. The number of hydrogen-bond donors (Lipinski definition) is 1. The predicted molar refractivity (Wildman–Crippen MR) is 79.4 cm³/mol. The Morgan fingerprint density at radius 2 is 1.95 bits per heavy atom. The number of nitrogens with one attached hydrogen (secondary N) is 1. The molecule has 1 unspecified atom stereocenters. The van der Waals surface area contributed by atoms with Crippen LogP contribution < -0.4 is 10.1 Å². The minimum atomic E-state index is 0.153. The molecule has 0 bridgehead atoms. The van der Waals surface area contributed by atoms with Crippen LogP contribution in [0.5, 0.6) is 5.88 Å². The summed E-state index contributed by atoms with van der Waals surface area (Å²) >= 11 is 0. The van der Waals surface area contributed by atoms with E-state index in [0.717, 1.165) is 23.5 Å². The van der Waals surface area contributed by atoms with Gasteiger partial charge in [0.15, 0.2) is 0 Å². The highest BCUT2D eigenvalue weighted by Crippen LogP contribution is 2.26. The van der Waals surface area contributed by atoms with Gasteiger partial charge in [0.05, 0.1) is 11.8 Å². The van der Waals surface area contributed by atoms with Gasteiger partial charge in [-0.15, -0.1) is 0 Å². The van der Waals surface area contributed by atoms with Gasteiger partial charge in [0, 0.05) is 11.9 Å². The zero-order chi connectivity index (χ0) is 13.8. The highest BCUT2D eigenvalue weighted by Gasteiger charge is 2.13. The molecule has 1 N–H and O–H groups in total. The van der Waals surface area contributed by atoms with Crippen LogP contribution in [0.15, 0.2) is 30.3 Å². The highest BCUT2D eigenvalue weighted by atomic mass is 16.5. The molecule has 2 aromatic rings. The third-order valence-corrected chi connectivity index (χ3v) is 3.35. The number of aromatic nitrogens is 1. The molecule has 19 heavy (non-hydrogen) atoms. The summed E-state index contributed by atoms with van der Waals surface area (Å²) in [4.78, 5) is 4.63. The summed E-state index contributed by atoms with van der Waals surface area (Å²) in [6, 6.07) is 10.3. The summed E-state index contributed by atoms with van der Waals surface area (Å²) in [5.74, 6) is 1.21. The second kappa shape index (κ2) is 6.02. The van der Waals surface area contributed by atoms with Gasteiger partial charge in [0.2, 0.25) is 5.88 Å². The lowest BCUT2D eigenvalue weighted by Gasteiger charge is -2.19. The van der Waals surface area contributed by atoms with E-state index in [9.17, 15) is 0 Å². The minimum absolute atomic E-state index is 0.153. The Kier molecular flexibility index (Phi) is 4.38. The fourth-order valence-electron chi connectivity index (χ4n) is 1.89. The van der Waals surface area contributed by atoms with Crippen molar-refractivity contribution in [3.63, 3.8) is 0 Å². The normalized spacial score (nSPS) is 12.9. The van der Waals surface area contributed by atoms with E-state index < -0.39 is 0 Å². The van der Waals surface area contributed by atoms with Crippen molar-refractivity contribution < 1.29 is 4.74 Å². The Balaban J connectivity index is 2.44. The molecule has 1 aromatic carbocycles. The molecule has 0 saturated carbocycles. The Bertz CT molecular complexity index is 551. The minimum Gasteiger partial charge on any atom is -0.474 e. The number of ether oxygens (including phenoxy) is 1. The van der Waals surface area contributed by atoms with E-state index >= 15 is 0 Å². The third kappa shape index (κ3) is 3.24. The van der Waals surface area contributed by atoms with Crippen molar-refractivity contribution in [3.8, 4) is 5.88 Å². The van der Waals surface area contributed by atoms with Crippen molar-refractivity contribution in [2.24, 2.45) is 5.92 Å². The average molecular weight is 258 g/mol. The van der Waals surface area contributed by atoms with Gasteiger partial charge in [0.1, 0.15) is 0 Å². The Morgan fingerprint density at radius 3 is 2.63 bits per heavy atom. The summed E-state index contributed by atoms with van der Waals surface area (Å²) in [5.41, 5.74) is 1.01. The zero-order valence-electron chi connectivity index (χ0n) is 12.1. The van der Waals surface area contributed by atoms with Crippen LogP contribution in [-0.4, -0.2) is 18.1 Å². The molecule has 102 valence electrons. The highest BCUT2D eigenvalue weighted by molar-refractivity contribution is 5.87. The molecule has 0 saturated heterocycles. The van der Waals surface area contributed by atoms with Gasteiger partial charge in [-0.25, -0.2) is 4.98 Å². The van der Waals surface area contributed by atoms with E-state index in [1.165, 1.54) is 5.39 Å². The quantitative estimate of drug-likeness (QED) is 0.892. The van der Waals surface area contributed by atoms with Crippen LogP contribution in [-0.2, 0) is 6.54 Å². The van der Waals surface area contributed by atoms with Crippen molar-refractivity contribution in [3.05, 3.63) is 36.0 Å². The molecule has 0 fully saturated rings. The predicted octanol–water partition coefficient (Wildman–Crippen LogP) is 3.38. The van der Waals surface area contributed by atoms with E-state index in [1.54, 1.807) is 0 Å². The SMILES string of the molecule is CNCc1cc2ccccc2c(OC(C)C(C)C)n1. The number of rotatable bonds is 5. The van der Waals surface area contributed by atoms with Crippen molar-refractivity contribution >= 4 is 10.8 Å². The van der Waals surface area contributed by atoms with Crippen LogP contribution in [0, 0.1) is 5.92 Å². The largest absolute Gasteiger partial charge is 0.474 e. The maximum absolute atomic E-state index is 6.04. The number of benzene rings is 1. The monoisotopic (exact) mass is 258 g/mol. The van der Waals surface area contributed by atoms with Crippen LogP contribution in [0.4, 0.5) is 0 Å². The Hall–Kier alpha value is -1.61. The Labute approximate surface area is 115 Å². The molecule has 0 aliphatic rings. The first-order valence-corrected chi connectivity index (χ1v) is 6.81. The summed E-state index contributed by atoms with van der Waals surface area (Å²) in [6.45, 7) is 7.15. The topological polar surface area (TPSA) is 34.1 Å². The molecular weight excluding hydrogens is 236 g/mol. The summed E-state index contributed by atoms with van der Waals surface area (Å²) in [6.07, 6.45) is 0.153. The van der Waals surface area contributed by atoms with Crippen molar-refractivity contribution in [1.82, 2.24) is 10.3 Å². The van der Waals surface area contributed by atoms with Gasteiger partial charge < -0.3 is 10.1 Å². The molecule has 1 atom stereocenters. The molecule has 0 aliphatic carbocycles. The number of fused-ring (bicyclic) bond motifs is 1. The first-order chi connectivity index (χ1) is 9.11. The zero-order valence-corrected chi connectivity index (χ0v) is 12.1. The van der Waals surface area contributed by atoms with Crippen LogP contribution in [0.2, 0.25) is 0 Å². The van der Waals surface area contributed by atoms with E-state index in [1.807, 2.05) is 19.2 Å². The van der Waals surface area contributed by atoms with Crippen LogP contribution >= 0.6 is 0 Å². The first kappa shape index (κ1) is 13.8. The second-order valence-corrected chi connectivity index (χ2v) is 5.24. The molecule has 2 rings (SSSR count). The first-order valence-electron chi connectivity index (χ1n) is 6.81. The maximum atomic E-state index is 6.04. The number of pyridine rings is 1. The summed E-state index contributed by atoms with van der Waals surface area (Å²) in [5, 5.41) is 5.39. The molecular formula is C16H22N2O. The smallest absolute Gasteiger partial charge is 0.221 e. The van der Waals surface area contributed by atoms with E-state index in [-0.39, 0.29) is 6.10 Å². The number of nitrogens with zero attached hydrogens (tertiary/aromatic N) is 1. The van der Waals surface area contributed by atoms with Gasteiger partial charge >= 0.3 is 0 Å². The Morgan fingerprint density at radius 1 is 1.21 bits per heavy atom. The van der Waals surface area contributed by atoms with Crippen LogP contribution in [0.3, 0.4) is 0 Å². The van der Waals surface area contributed by atoms with Gasteiger partial charge in [-0.05, 0) is 37.4 Å². The molecule has 0 spiro atoms. The lowest BCUT2D eigenvalue weighted by molar-refractivity contribution is 0.165. The molecule has 1 heterocycles. The fourth-order valence-corrected chi connectivity index (χ4v) is 1.89. The molecule has 0 aliphatic heterocycles. The summed E-state index contributed by atoms with van der Waals surface area (Å²) < 4.78 is 6.04. The standard InChI is InChI=1S/C16H22N2O/c1-11(2)12(3)19-16-15-8-6-5-7-13(15)9-14(18-16)10-17-4/h5-9,11-12,17H,10H2,1-4H3. The van der Waals surface area contributed by atoms with Crippen molar-refractivity contribution in [1.29, 1.82) is 0 Å². The lowest BCUT2D eigenvalue weighted by atomic mass is 10.1. The average Bonchev–Trinajstić information content (AvgIpc) is 2.39. The van der Waals surface area contributed by atoms with E-state index in [4.69, 9.17) is 4.74 Å². The van der Waals surface area contributed by atoms with Crippen LogP contribution in [0.1, 0.15) is 26.5 Å². The van der Waals surface area contributed by atoms with Gasteiger partial charge in [-0.2, -0.15) is 0 Å². The maximum Gasteiger partial charge on any atom is 0.221 e. The summed E-state index contributed by atoms with van der Waals surface area (Å²) in [7, 11) is 1.92. The second-order valence-electron chi connectivity index (χ2n) is 5.24. The lowest BCUT2D eigenvalue weighted by Crippen LogP contribution is -2.20. The molecule has 0 amide bonds. The van der Waals surface area contributed by atoms with Gasteiger partial charge in [0.25, 0.3) is 0 Å². The fraction of sp³-hybridized carbons (Fsp3) is 0.438. The molecule has 3 heteroatoms. The molecule has 1 aromatic heterocycles. The number of hydrogen-bond acceptors (Lipinski definition) is 3. The van der Waals surface area contributed by atoms with Gasteiger partial charge in [-0.1, -0.05) is 32.0 Å². The molecule has 3 nitrogen and oxygen atoms in total. The van der Waals surface area contributed by atoms with Gasteiger partial charge in [-0.3, -0.25) is 0 Å². The van der Waals surface area contributed by atoms with E-state index in [0.29, 0.717) is 5.92 Å². The van der Waals surface area contributed by atoms with E-state index in [2.05, 4.69) is 49.3 Å².